The summed E-state index contributed by atoms with van der Waals surface area (Å²) in [6.45, 7) is 5.22. The molecular weight excluding hydrogens is 490 g/mol. The van der Waals surface area contributed by atoms with E-state index in [4.69, 9.17) is 0 Å². The highest BCUT2D eigenvalue weighted by Crippen LogP contribution is 2.39. The van der Waals surface area contributed by atoms with Gasteiger partial charge in [-0.15, -0.1) is 0 Å². The third kappa shape index (κ3) is 5.46. The standard InChI is InChI=1S/C31H35N5O3/c1-3-24-13-15-25(16-14-24)32-28(37)21-35-22-36(26-10-5-4-6-11-26)31(29(35)38)17-19-34(20-18-31)30(39)33-27-12-8-7-9-23(27)2/h4-16H,3,17-22H2,1-2H3,(H,32,37)(H,33,39). The number of urea groups is 1. The maximum Gasteiger partial charge on any atom is 0.321 e. The van der Waals surface area contributed by atoms with E-state index in [0.717, 1.165) is 23.4 Å². The van der Waals surface area contributed by atoms with Gasteiger partial charge in [0.1, 0.15) is 12.1 Å². The lowest BCUT2D eigenvalue weighted by atomic mass is 9.85. The fourth-order valence-corrected chi connectivity index (χ4v) is 5.51. The Bertz CT molecular complexity index is 1330. The SMILES string of the molecule is CCc1ccc(NC(=O)CN2CN(c3ccccc3)C3(CCN(C(=O)Nc4ccccc4C)CC3)C2=O)cc1. The third-order valence-electron chi connectivity index (χ3n) is 7.83. The summed E-state index contributed by atoms with van der Waals surface area (Å²) in [4.78, 5) is 45.4. The minimum Gasteiger partial charge on any atom is -0.339 e. The molecular formula is C31H35N5O3. The zero-order valence-electron chi connectivity index (χ0n) is 22.5. The molecule has 3 aromatic rings. The van der Waals surface area contributed by atoms with Crippen molar-refractivity contribution in [2.75, 3.05) is 41.8 Å². The molecule has 0 saturated carbocycles. The van der Waals surface area contributed by atoms with Crippen LogP contribution in [-0.4, -0.2) is 59.5 Å². The first-order chi connectivity index (χ1) is 18.9. The second kappa shape index (κ2) is 11.2. The second-order valence-electron chi connectivity index (χ2n) is 10.3. The van der Waals surface area contributed by atoms with Crippen LogP contribution >= 0.6 is 0 Å². The number of hydrogen-bond acceptors (Lipinski definition) is 4. The fraction of sp³-hybridized carbons (Fsp3) is 0.323. The zero-order valence-corrected chi connectivity index (χ0v) is 22.5. The van der Waals surface area contributed by atoms with Gasteiger partial charge in [0.15, 0.2) is 0 Å². The second-order valence-corrected chi connectivity index (χ2v) is 10.3. The van der Waals surface area contributed by atoms with Crippen molar-refractivity contribution in [1.82, 2.24) is 9.80 Å². The quantitative estimate of drug-likeness (QED) is 0.481. The van der Waals surface area contributed by atoms with Gasteiger partial charge in [0.2, 0.25) is 5.91 Å². The minimum absolute atomic E-state index is 0.0308. The van der Waals surface area contributed by atoms with Crippen molar-refractivity contribution in [1.29, 1.82) is 0 Å². The molecule has 4 amide bonds. The van der Waals surface area contributed by atoms with Crippen LogP contribution in [0.1, 0.15) is 30.9 Å². The van der Waals surface area contributed by atoms with Crippen LogP contribution in [-0.2, 0) is 16.0 Å². The molecule has 3 aromatic carbocycles. The molecule has 0 aliphatic carbocycles. The monoisotopic (exact) mass is 525 g/mol. The smallest absolute Gasteiger partial charge is 0.321 e. The Morgan fingerprint density at radius 1 is 0.872 bits per heavy atom. The van der Waals surface area contributed by atoms with Gasteiger partial charge < -0.3 is 25.3 Å². The van der Waals surface area contributed by atoms with Gasteiger partial charge in [-0.1, -0.05) is 55.5 Å². The lowest BCUT2D eigenvalue weighted by Gasteiger charge is -2.43. The maximum atomic E-state index is 13.9. The Hall–Kier alpha value is -4.33. The lowest BCUT2D eigenvalue weighted by Crippen LogP contribution is -2.58. The minimum atomic E-state index is -0.802. The van der Waals surface area contributed by atoms with Crippen LogP contribution in [0.15, 0.2) is 78.9 Å². The molecule has 5 rings (SSSR count). The first kappa shape index (κ1) is 26.3. The van der Waals surface area contributed by atoms with Crippen molar-refractivity contribution in [2.24, 2.45) is 0 Å². The van der Waals surface area contributed by atoms with Gasteiger partial charge in [-0.3, -0.25) is 9.59 Å². The van der Waals surface area contributed by atoms with Crippen molar-refractivity contribution in [3.8, 4) is 0 Å². The molecule has 2 aliphatic rings. The Balaban J connectivity index is 1.29. The Morgan fingerprint density at radius 3 is 2.21 bits per heavy atom. The molecule has 0 bridgehead atoms. The molecule has 8 heteroatoms. The summed E-state index contributed by atoms with van der Waals surface area (Å²) in [5.74, 6) is -0.297. The number of carbonyl (C=O) groups excluding carboxylic acids is 3. The van der Waals surface area contributed by atoms with E-state index in [2.05, 4.69) is 22.5 Å². The van der Waals surface area contributed by atoms with Crippen LogP contribution in [0, 0.1) is 6.92 Å². The summed E-state index contributed by atoms with van der Waals surface area (Å²) in [6, 6.07) is 25.1. The van der Waals surface area contributed by atoms with E-state index < -0.39 is 5.54 Å². The van der Waals surface area contributed by atoms with Gasteiger partial charge in [-0.2, -0.15) is 0 Å². The molecule has 202 valence electrons. The van der Waals surface area contributed by atoms with Crippen LogP contribution in [0.4, 0.5) is 21.9 Å². The Labute approximate surface area is 229 Å². The van der Waals surface area contributed by atoms with Crippen molar-refractivity contribution < 1.29 is 14.4 Å². The number of benzene rings is 3. The van der Waals surface area contributed by atoms with Gasteiger partial charge in [0.05, 0.1) is 6.67 Å². The summed E-state index contributed by atoms with van der Waals surface area (Å²) in [6.07, 6.45) is 1.90. The van der Waals surface area contributed by atoms with E-state index in [1.165, 1.54) is 5.56 Å². The largest absolute Gasteiger partial charge is 0.339 e. The molecule has 0 atom stereocenters. The molecule has 0 unspecified atom stereocenters. The van der Waals surface area contributed by atoms with E-state index in [0.29, 0.717) is 38.3 Å². The number of nitrogens with one attached hydrogen (secondary N) is 2. The average Bonchev–Trinajstić information content (AvgIpc) is 3.21. The van der Waals surface area contributed by atoms with Crippen molar-refractivity contribution in [2.45, 2.75) is 38.6 Å². The van der Waals surface area contributed by atoms with Crippen LogP contribution in [0.25, 0.3) is 0 Å². The first-order valence-corrected chi connectivity index (χ1v) is 13.5. The number of hydrogen-bond donors (Lipinski definition) is 2. The Kier molecular flexibility index (Phi) is 7.54. The number of carbonyl (C=O) groups is 3. The molecule has 0 aromatic heterocycles. The first-order valence-electron chi connectivity index (χ1n) is 13.5. The lowest BCUT2D eigenvalue weighted by molar-refractivity contribution is -0.136. The van der Waals surface area contributed by atoms with Crippen LogP contribution in [0.2, 0.25) is 0 Å². The molecule has 2 N–H and O–H groups in total. The summed E-state index contributed by atoms with van der Waals surface area (Å²) in [5.41, 5.74) is 3.82. The number of amides is 4. The molecule has 0 radical (unpaired) electrons. The number of piperidine rings is 1. The average molecular weight is 526 g/mol. The van der Waals surface area contributed by atoms with Crippen molar-refractivity contribution in [3.05, 3.63) is 90.0 Å². The summed E-state index contributed by atoms with van der Waals surface area (Å²) < 4.78 is 0. The van der Waals surface area contributed by atoms with Crippen LogP contribution in [0.5, 0.6) is 0 Å². The molecule has 2 saturated heterocycles. The zero-order chi connectivity index (χ0) is 27.4. The van der Waals surface area contributed by atoms with Gasteiger partial charge in [0.25, 0.3) is 5.91 Å². The van der Waals surface area contributed by atoms with Crippen LogP contribution < -0.4 is 15.5 Å². The van der Waals surface area contributed by atoms with Crippen molar-refractivity contribution in [3.63, 3.8) is 0 Å². The maximum absolute atomic E-state index is 13.9. The molecule has 2 aliphatic heterocycles. The topological polar surface area (TPSA) is 85.0 Å². The molecule has 2 fully saturated rings. The third-order valence-corrected chi connectivity index (χ3v) is 7.83. The summed E-state index contributed by atoms with van der Waals surface area (Å²) in [5, 5.41) is 5.93. The summed E-state index contributed by atoms with van der Waals surface area (Å²) >= 11 is 0. The van der Waals surface area contributed by atoms with E-state index >= 15 is 0 Å². The predicted molar refractivity (Wildman–Crippen MR) is 154 cm³/mol. The molecule has 2 heterocycles. The number of aryl methyl sites for hydroxylation is 2. The van der Waals surface area contributed by atoms with Gasteiger partial charge in [-0.25, -0.2) is 4.79 Å². The molecule has 1 spiro atoms. The number of anilines is 3. The van der Waals surface area contributed by atoms with E-state index in [-0.39, 0.29) is 24.4 Å². The van der Waals surface area contributed by atoms with Crippen LogP contribution in [0.3, 0.4) is 0 Å². The summed E-state index contributed by atoms with van der Waals surface area (Å²) in [7, 11) is 0. The normalized spacial score (nSPS) is 16.5. The molecule has 39 heavy (non-hydrogen) atoms. The highest BCUT2D eigenvalue weighted by molar-refractivity contribution is 5.99. The molecule has 8 nitrogen and oxygen atoms in total. The van der Waals surface area contributed by atoms with E-state index in [9.17, 15) is 14.4 Å². The van der Waals surface area contributed by atoms with Gasteiger partial charge >= 0.3 is 6.03 Å². The highest BCUT2D eigenvalue weighted by Gasteiger charge is 2.54. The number of rotatable bonds is 6. The number of para-hydroxylation sites is 2. The Morgan fingerprint density at radius 2 is 1.54 bits per heavy atom. The predicted octanol–water partition coefficient (Wildman–Crippen LogP) is 4.87. The van der Waals surface area contributed by atoms with Gasteiger partial charge in [-0.05, 0) is 67.6 Å². The number of likely N-dealkylation sites (tertiary alicyclic amines) is 1. The van der Waals surface area contributed by atoms with E-state index in [1.807, 2.05) is 85.8 Å². The van der Waals surface area contributed by atoms with Gasteiger partial charge in [0, 0.05) is 30.2 Å². The van der Waals surface area contributed by atoms with E-state index in [1.54, 1.807) is 9.80 Å². The number of nitrogens with zero attached hydrogens (tertiary/aromatic N) is 3. The fourth-order valence-electron chi connectivity index (χ4n) is 5.51. The highest BCUT2D eigenvalue weighted by atomic mass is 16.2. The van der Waals surface area contributed by atoms with Crippen molar-refractivity contribution >= 4 is 34.9 Å².